The molecule has 8 heteroatoms. The zero-order chi connectivity index (χ0) is 24.4. The van der Waals surface area contributed by atoms with Crippen molar-refractivity contribution >= 4 is 11.8 Å². The largest absolute Gasteiger partial charge is 0.486 e. The van der Waals surface area contributed by atoms with Crippen LogP contribution in [0.5, 0.6) is 5.75 Å². The van der Waals surface area contributed by atoms with Crippen LogP contribution in [0.4, 0.5) is 4.39 Å². The number of amides is 2. The van der Waals surface area contributed by atoms with Gasteiger partial charge in [-0.3, -0.25) is 9.59 Å². The quantitative estimate of drug-likeness (QED) is 0.578. The van der Waals surface area contributed by atoms with E-state index in [2.05, 4.69) is 5.32 Å². The topological polar surface area (TPSA) is 99.1 Å². The third-order valence-corrected chi connectivity index (χ3v) is 6.28. The Morgan fingerprint density at radius 1 is 1.15 bits per heavy atom. The van der Waals surface area contributed by atoms with Crippen LogP contribution in [-0.4, -0.2) is 58.3 Å². The van der Waals surface area contributed by atoms with Gasteiger partial charge in [-0.15, -0.1) is 0 Å². The van der Waals surface area contributed by atoms with E-state index >= 15 is 0 Å². The number of benzene rings is 2. The third kappa shape index (κ3) is 4.56. The molecule has 2 aliphatic rings. The molecule has 0 saturated heterocycles. The van der Waals surface area contributed by atoms with Crippen molar-refractivity contribution in [3.63, 3.8) is 0 Å². The zero-order valence-electron chi connectivity index (χ0n) is 19.1. The molecule has 180 valence electrons. The number of hydrogen-bond donors (Lipinski definition) is 3. The molecule has 0 fully saturated rings. The SMILES string of the molecule is CC(C)C(=O)N(Cc1ccc(F)cc1)C1C=C(C(=O)NCCO)C2c3ccccc3OC2C1O. The van der Waals surface area contributed by atoms with E-state index in [9.17, 15) is 24.2 Å². The Labute approximate surface area is 197 Å². The van der Waals surface area contributed by atoms with Gasteiger partial charge in [-0.2, -0.15) is 0 Å². The second-order valence-electron chi connectivity index (χ2n) is 8.93. The van der Waals surface area contributed by atoms with Crippen LogP contribution < -0.4 is 10.1 Å². The fraction of sp³-hybridized carbons (Fsp3) is 0.385. The molecule has 4 atom stereocenters. The number of carbonyl (C=O) groups excluding carboxylic acids is 2. The summed E-state index contributed by atoms with van der Waals surface area (Å²) >= 11 is 0. The summed E-state index contributed by atoms with van der Waals surface area (Å²) in [5, 5.41) is 23.3. The normalized spacial score (nSPS) is 22.9. The zero-order valence-corrected chi connectivity index (χ0v) is 19.1. The molecule has 34 heavy (non-hydrogen) atoms. The van der Waals surface area contributed by atoms with E-state index in [-0.39, 0.29) is 43.2 Å². The molecule has 7 nitrogen and oxygen atoms in total. The van der Waals surface area contributed by atoms with Gasteiger partial charge < -0.3 is 25.2 Å². The molecule has 2 aromatic carbocycles. The van der Waals surface area contributed by atoms with Crippen molar-refractivity contribution in [3.8, 4) is 5.75 Å². The van der Waals surface area contributed by atoms with Crippen LogP contribution in [0.2, 0.25) is 0 Å². The average Bonchev–Trinajstić information content (AvgIpc) is 3.22. The Hall–Kier alpha value is -3.23. The van der Waals surface area contributed by atoms with Crippen LogP contribution in [0.3, 0.4) is 0 Å². The summed E-state index contributed by atoms with van der Waals surface area (Å²) in [7, 11) is 0. The molecular weight excluding hydrogens is 439 g/mol. The average molecular weight is 469 g/mol. The molecule has 1 aliphatic heterocycles. The fourth-order valence-electron chi connectivity index (χ4n) is 4.64. The maximum absolute atomic E-state index is 13.4. The Morgan fingerprint density at radius 2 is 1.85 bits per heavy atom. The number of para-hydroxylation sites is 1. The van der Waals surface area contributed by atoms with Crippen LogP contribution in [0.1, 0.15) is 30.9 Å². The van der Waals surface area contributed by atoms with Crippen molar-refractivity contribution < 1.29 is 28.9 Å². The van der Waals surface area contributed by atoms with E-state index < -0.39 is 24.2 Å². The van der Waals surface area contributed by atoms with Crippen LogP contribution in [0.15, 0.2) is 60.2 Å². The van der Waals surface area contributed by atoms with Gasteiger partial charge in [-0.1, -0.05) is 44.2 Å². The minimum atomic E-state index is -1.10. The van der Waals surface area contributed by atoms with E-state index in [1.807, 2.05) is 18.2 Å². The van der Waals surface area contributed by atoms with Crippen LogP contribution >= 0.6 is 0 Å². The lowest BCUT2D eigenvalue weighted by Crippen LogP contribution is -2.56. The standard InChI is InChI=1S/C26H29FN2O5/c1-15(2)26(33)29(14-16-7-9-17(27)10-8-16)20-13-19(25(32)28-11-12-30)22-18-5-3-4-6-21(18)34-24(22)23(20)31/h3-10,13,15,20,22-24,30-31H,11-12,14H2,1-2H3,(H,28,32). The van der Waals surface area contributed by atoms with Gasteiger partial charge in [0, 0.05) is 30.1 Å². The number of hydrogen-bond acceptors (Lipinski definition) is 5. The van der Waals surface area contributed by atoms with Crippen molar-refractivity contribution in [3.05, 3.63) is 77.1 Å². The summed E-state index contributed by atoms with van der Waals surface area (Å²) in [6.07, 6.45) is -0.235. The lowest BCUT2D eigenvalue weighted by molar-refractivity contribution is -0.141. The van der Waals surface area contributed by atoms with Gasteiger partial charge in [0.15, 0.2) is 0 Å². The van der Waals surface area contributed by atoms with Crippen molar-refractivity contribution in [1.29, 1.82) is 0 Å². The second-order valence-corrected chi connectivity index (χ2v) is 8.93. The molecule has 0 bridgehead atoms. The molecule has 0 aromatic heterocycles. The van der Waals surface area contributed by atoms with Crippen molar-refractivity contribution in [2.75, 3.05) is 13.2 Å². The number of carbonyl (C=O) groups is 2. The molecule has 0 radical (unpaired) electrons. The number of fused-ring (bicyclic) bond motifs is 3. The van der Waals surface area contributed by atoms with Crippen LogP contribution in [0, 0.1) is 11.7 Å². The maximum Gasteiger partial charge on any atom is 0.247 e. The summed E-state index contributed by atoms with van der Waals surface area (Å²) in [5.74, 6) is -1.28. The molecule has 1 heterocycles. The molecule has 4 unspecified atom stereocenters. The van der Waals surface area contributed by atoms with Crippen molar-refractivity contribution in [2.24, 2.45) is 5.92 Å². The van der Waals surface area contributed by atoms with Crippen LogP contribution in [0.25, 0.3) is 0 Å². The summed E-state index contributed by atoms with van der Waals surface area (Å²) in [6, 6.07) is 12.3. The summed E-state index contributed by atoms with van der Waals surface area (Å²) in [4.78, 5) is 27.9. The molecular formula is C26H29FN2O5. The van der Waals surface area contributed by atoms with E-state index in [1.54, 1.807) is 38.1 Å². The number of nitrogens with one attached hydrogen (secondary N) is 1. The highest BCUT2D eigenvalue weighted by molar-refractivity contribution is 5.96. The molecule has 2 aromatic rings. The smallest absolute Gasteiger partial charge is 0.247 e. The molecule has 3 N–H and O–H groups in total. The van der Waals surface area contributed by atoms with E-state index in [0.717, 1.165) is 5.56 Å². The Balaban J connectivity index is 1.76. The number of rotatable bonds is 7. The highest BCUT2D eigenvalue weighted by Crippen LogP contribution is 2.47. The number of nitrogens with zero attached hydrogens (tertiary/aromatic N) is 1. The Kier molecular flexibility index (Phi) is 7.00. The first-order chi connectivity index (χ1) is 16.3. The van der Waals surface area contributed by atoms with Gasteiger partial charge in [0.2, 0.25) is 11.8 Å². The minimum absolute atomic E-state index is 0.0769. The lowest BCUT2D eigenvalue weighted by atomic mass is 9.77. The highest BCUT2D eigenvalue weighted by Gasteiger charge is 2.50. The van der Waals surface area contributed by atoms with Gasteiger partial charge >= 0.3 is 0 Å². The lowest BCUT2D eigenvalue weighted by Gasteiger charge is -2.41. The van der Waals surface area contributed by atoms with Crippen molar-refractivity contribution in [1.82, 2.24) is 10.2 Å². The van der Waals surface area contributed by atoms with Crippen molar-refractivity contribution in [2.45, 2.75) is 44.6 Å². The second kappa shape index (κ2) is 9.95. The van der Waals surface area contributed by atoms with Crippen LogP contribution in [-0.2, 0) is 16.1 Å². The van der Waals surface area contributed by atoms with Gasteiger partial charge in [-0.05, 0) is 29.8 Å². The van der Waals surface area contributed by atoms with E-state index in [0.29, 0.717) is 16.9 Å². The predicted molar refractivity (Wildman–Crippen MR) is 123 cm³/mol. The Bertz CT molecular complexity index is 1080. The highest BCUT2D eigenvalue weighted by atomic mass is 19.1. The molecule has 4 rings (SSSR count). The van der Waals surface area contributed by atoms with Gasteiger partial charge in [0.1, 0.15) is 23.8 Å². The third-order valence-electron chi connectivity index (χ3n) is 6.28. The Morgan fingerprint density at radius 3 is 2.53 bits per heavy atom. The molecule has 0 spiro atoms. The first-order valence-corrected chi connectivity index (χ1v) is 11.4. The maximum atomic E-state index is 13.4. The summed E-state index contributed by atoms with van der Waals surface area (Å²) in [6.45, 7) is 3.52. The number of aliphatic hydroxyl groups is 2. The van der Waals surface area contributed by atoms with E-state index in [1.165, 1.54) is 17.0 Å². The van der Waals surface area contributed by atoms with Gasteiger partial charge in [-0.25, -0.2) is 4.39 Å². The molecule has 0 saturated carbocycles. The van der Waals surface area contributed by atoms with Gasteiger partial charge in [0.05, 0.1) is 18.6 Å². The predicted octanol–water partition coefficient (Wildman–Crippen LogP) is 2.13. The molecule has 1 aliphatic carbocycles. The monoisotopic (exact) mass is 468 g/mol. The summed E-state index contributed by atoms with van der Waals surface area (Å²) in [5.41, 5.74) is 1.86. The van der Waals surface area contributed by atoms with Gasteiger partial charge in [0.25, 0.3) is 0 Å². The fourth-order valence-corrected chi connectivity index (χ4v) is 4.64. The first-order valence-electron chi connectivity index (χ1n) is 11.4. The molecule has 2 amide bonds. The number of halogens is 1. The minimum Gasteiger partial charge on any atom is -0.486 e. The number of ether oxygens (including phenoxy) is 1. The first kappa shape index (κ1) is 23.9. The van der Waals surface area contributed by atoms with E-state index in [4.69, 9.17) is 4.74 Å². The summed E-state index contributed by atoms with van der Waals surface area (Å²) < 4.78 is 19.5. The number of aliphatic hydroxyl groups excluding tert-OH is 2.